The van der Waals surface area contributed by atoms with Crippen LogP contribution in [-0.2, 0) is 14.9 Å². The smallest absolute Gasteiger partial charge is 0.316 e. The highest BCUT2D eigenvalue weighted by Gasteiger charge is 2.44. The molecule has 0 bridgehead atoms. The van der Waals surface area contributed by atoms with E-state index in [0.29, 0.717) is 5.92 Å². The van der Waals surface area contributed by atoms with Gasteiger partial charge in [-0.1, -0.05) is 40.9 Å². The van der Waals surface area contributed by atoms with E-state index in [-0.39, 0.29) is 5.97 Å². The van der Waals surface area contributed by atoms with Crippen molar-refractivity contribution in [2.24, 2.45) is 5.92 Å². The predicted octanol–water partition coefficient (Wildman–Crippen LogP) is 4.07. The molecular formula is C15H19BrO2. The third kappa shape index (κ3) is 2.33. The second kappa shape index (κ2) is 5.43. The molecule has 1 aromatic rings. The zero-order valence-electron chi connectivity index (χ0n) is 10.9. The maximum atomic E-state index is 12.3. The van der Waals surface area contributed by atoms with Crippen LogP contribution in [0.3, 0.4) is 0 Å². The SMILES string of the molecule is COC(=O)C(C)(c1cccc(Br)c1)C1CCCC1. The van der Waals surface area contributed by atoms with E-state index in [1.807, 2.05) is 31.2 Å². The van der Waals surface area contributed by atoms with Gasteiger partial charge >= 0.3 is 5.97 Å². The van der Waals surface area contributed by atoms with Crippen LogP contribution in [0.25, 0.3) is 0 Å². The minimum absolute atomic E-state index is 0.118. The van der Waals surface area contributed by atoms with Crippen LogP contribution in [-0.4, -0.2) is 13.1 Å². The van der Waals surface area contributed by atoms with Crippen molar-refractivity contribution in [3.8, 4) is 0 Å². The molecule has 1 aliphatic rings. The number of esters is 1. The Hall–Kier alpha value is -0.830. The number of benzene rings is 1. The average molecular weight is 311 g/mol. The van der Waals surface area contributed by atoms with Crippen LogP contribution in [0, 0.1) is 5.92 Å². The van der Waals surface area contributed by atoms with E-state index < -0.39 is 5.41 Å². The van der Waals surface area contributed by atoms with E-state index >= 15 is 0 Å². The first kappa shape index (κ1) is 13.6. The van der Waals surface area contributed by atoms with Gasteiger partial charge in [-0.25, -0.2) is 0 Å². The molecule has 0 radical (unpaired) electrons. The summed E-state index contributed by atoms with van der Waals surface area (Å²) in [5.41, 5.74) is 0.533. The van der Waals surface area contributed by atoms with Crippen molar-refractivity contribution in [3.05, 3.63) is 34.3 Å². The first-order valence-corrected chi connectivity index (χ1v) is 7.23. The highest BCUT2D eigenvalue weighted by atomic mass is 79.9. The Kier molecular flexibility index (Phi) is 4.10. The van der Waals surface area contributed by atoms with Gasteiger partial charge in [0, 0.05) is 4.47 Å². The molecule has 98 valence electrons. The quantitative estimate of drug-likeness (QED) is 0.787. The molecule has 1 unspecified atom stereocenters. The van der Waals surface area contributed by atoms with Crippen LogP contribution in [0.5, 0.6) is 0 Å². The molecule has 2 nitrogen and oxygen atoms in total. The minimum Gasteiger partial charge on any atom is -0.468 e. The van der Waals surface area contributed by atoms with Crippen LogP contribution >= 0.6 is 15.9 Å². The molecule has 3 heteroatoms. The highest BCUT2D eigenvalue weighted by Crippen LogP contribution is 2.43. The summed E-state index contributed by atoms with van der Waals surface area (Å²) >= 11 is 3.48. The number of hydrogen-bond donors (Lipinski definition) is 0. The number of rotatable bonds is 3. The normalized spacial score (nSPS) is 19.5. The maximum absolute atomic E-state index is 12.3. The first-order valence-electron chi connectivity index (χ1n) is 6.43. The monoisotopic (exact) mass is 310 g/mol. The fourth-order valence-corrected chi connectivity index (χ4v) is 3.45. The molecule has 1 aromatic carbocycles. The average Bonchev–Trinajstić information content (AvgIpc) is 2.91. The largest absolute Gasteiger partial charge is 0.468 e. The van der Waals surface area contributed by atoms with Crippen LogP contribution < -0.4 is 0 Å². The van der Waals surface area contributed by atoms with Gasteiger partial charge in [0.05, 0.1) is 12.5 Å². The van der Waals surface area contributed by atoms with Gasteiger partial charge < -0.3 is 4.74 Å². The summed E-state index contributed by atoms with van der Waals surface area (Å²) in [6, 6.07) is 8.03. The Morgan fingerprint density at radius 1 is 1.39 bits per heavy atom. The number of carbonyl (C=O) groups is 1. The van der Waals surface area contributed by atoms with Crippen molar-refractivity contribution in [3.63, 3.8) is 0 Å². The fourth-order valence-electron chi connectivity index (χ4n) is 3.05. The van der Waals surface area contributed by atoms with Crippen molar-refractivity contribution >= 4 is 21.9 Å². The summed E-state index contributed by atoms with van der Waals surface area (Å²) in [6.45, 7) is 2.02. The second-order valence-corrected chi connectivity index (χ2v) is 6.10. The summed E-state index contributed by atoms with van der Waals surface area (Å²) in [7, 11) is 1.48. The van der Waals surface area contributed by atoms with E-state index in [2.05, 4.69) is 15.9 Å². The van der Waals surface area contributed by atoms with E-state index in [4.69, 9.17) is 4.74 Å². The van der Waals surface area contributed by atoms with Crippen LogP contribution in [0.2, 0.25) is 0 Å². The molecule has 0 heterocycles. The molecule has 18 heavy (non-hydrogen) atoms. The molecular weight excluding hydrogens is 292 g/mol. The Bertz CT molecular complexity index is 438. The van der Waals surface area contributed by atoms with Gasteiger partial charge in [0.1, 0.15) is 0 Å². The van der Waals surface area contributed by atoms with E-state index in [9.17, 15) is 4.79 Å². The lowest BCUT2D eigenvalue weighted by atomic mass is 9.71. The molecule has 0 N–H and O–H groups in total. The molecule has 1 saturated carbocycles. The molecule has 0 aliphatic heterocycles. The number of methoxy groups -OCH3 is 1. The molecule has 0 amide bonds. The minimum atomic E-state index is -0.519. The maximum Gasteiger partial charge on any atom is 0.316 e. The third-order valence-electron chi connectivity index (χ3n) is 4.21. The summed E-state index contributed by atoms with van der Waals surface area (Å²) < 4.78 is 6.08. The van der Waals surface area contributed by atoms with E-state index in [1.54, 1.807) is 0 Å². The van der Waals surface area contributed by atoms with Gasteiger partial charge in [-0.15, -0.1) is 0 Å². The molecule has 1 atom stereocenters. The van der Waals surface area contributed by atoms with E-state index in [0.717, 1.165) is 22.9 Å². The zero-order valence-corrected chi connectivity index (χ0v) is 12.5. The topological polar surface area (TPSA) is 26.3 Å². The number of halogens is 1. The van der Waals surface area contributed by atoms with Crippen molar-refractivity contribution in [1.82, 2.24) is 0 Å². The lowest BCUT2D eigenvalue weighted by Crippen LogP contribution is -2.40. The summed E-state index contributed by atoms with van der Waals surface area (Å²) in [6.07, 6.45) is 4.65. The van der Waals surface area contributed by atoms with E-state index in [1.165, 1.54) is 20.0 Å². The third-order valence-corrected chi connectivity index (χ3v) is 4.70. The molecule has 2 rings (SSSR count). The lowest BCUT2D eigenvalue weighted by molar-refractivity contribution is -0.149. The number of carbonyl (C=O) groups excluding carboxylic acids is 1. The number of ether oxygens (including phenoxy) is 1. The molecule has 1 aliphatic carbocycles. The van der Waals surface area contributed by atoms with Crippen molar-refractivity contribution < 1.29 is 9.53 Å². The summed E-state index contributed by atoms with van der Waals surface area (Å²) in [5.74, 6) is 0.270. The Labute approximate surface area is 117 Å². The molecule has 0 spiro atoms. The van der Waals surface area contributed by atoms with Crippen LogP contribution in [0.1, 0.15) is 38.2 Å². The molecule has 0 saturated heterocycles. The highest BCUT2D eigenvalue weighted by molar-refractivity contribution is 9.10. The second-order valence-electron chi connectivity index (χ2n) is 5.19. The van der Waals surface area contributed by atoms with Crippen molar-refractivity contribution in [1.29, 1.82) is 0 Å². The van der Waals surface area contributed by atoms with Crippen molar-refractivity contribution in [2.45, 2.75) is 38.0 Å². The zero-order chi connectivity index (χ0) is 13.2. The fraction of sp³-hybridized carbons (Fsp3) is 0.533. The summed E-state index contributed by atoms with van der Waals surface area (Å²) in [4.78, 5) is 12.3. The van der Waals surface area contributed by atoms with Gasteiger partial charge in [-0.05, 0) is 43.4 Å². The van der Waals surface area contributed by atoms with Crippen molar-refractivity contribution in [2.75, 3.05) is 7.11 Å². The Morgan fingerprint density at radius 3 is 2.61 bits per heavy atom. The molecule has 1 fully saturated rings. The van der Waals surface area contributed by atoms with Gasteiger partial charge in [-0.3, -0.25) is 4.79 Å². The first-order chi connectivity index (χ1) is 8.59. The van der Waals surface area contributed by atoms with Crippen LogP contribution in [0.15, 0.2) is 28.7 Å². The van der Waals surface area contributed by atoms with Crippen LogP contribution in [0.4, 0.5) is 0 Å². The summed E-state index contributed by atoms with van der Waals surface area (Å²) in [5, 5.41) is 0. The Morgan fingerprint density at radius 2 is 2.06 bits per heavy atom. The standard InChI is InChI=1S/C15H19BrO2/c1-15(14(17)18-2,11-6-3-4-7-11)12-8-5-9-13(16)10-12/h5,8-11H,3-4,6-7H2,1-2H3. The predicted molar refractivity (Wildman–Crippen MR) is 75.5 cm³/mol. The van der Waals surface area contributed by atoms with Gasteiger partial charge in [0.15, 0.2) is 0 Å². The lowest BCUT2D eigenvalue weighted by Gasteiger charge is -2.33. The Balaban J connectivity index is 2.44. The number of hydrogen-bond acceptors (Lipinski definition) is 2. The van der Waals surface area contributed by atoms with Gasteiger partial charge in [0.25, 0.3) is 0 Å². The molecule has 0 aromatic heterocycles. The van der Waals surface area contributed by atoms with Gasteiger partial charge in [-0.2, -0.15) is 0 Å². The van der Waals surface area contributed by atoms with Gasteiger partial charge in [0.2, 0.25) is 0 Å².